The zero-order valence-corrected chi connectivity index (χ0v) is 17.1. The predicted molar refractivity (Wildman–Crippen MR) is 110 cm³/mol. The van der Waals surface area contributed by atoms with Crippen LogP contribution in [0.1, 0.15) is 12.0 Å². The number of aromatic amines is 2. The van der Waals surface area contributed by atoms with E-state index in [1.54, 1.807) is 0 Å². The van der Waals surface area contributed by atoms with Gasteiger partial charge in [0.2, 0.25) is 5.88 Å². The van der Waals surface area contributed by atoms with Crippen LogP contribution in [0.3, 0.4) is 0 Å². The molecule has 14 heteroatoms. The maximum absolute atomic E-state index is 14.9. The van der Waals surface area contributed by atoms with Crippen LogP contribution in [-0.2, 0) is 0 Å². The van der Waals surface area contributed by atoms with Crippen LogP contribution >= 0.6 is 0 Å². The number of H-pyrrole nitrogens is 2. The molecule has 2 N–H and O–H groups in total. The van der Waals surface area contributed by atoms with E-state index in [1.165, 1.54) is 34.1 Å². The topological polar surface area (TPSA) is 121 Å². The summed E-state index contributed by atoms with van der Waals surface area (Å²) in [6.07, 6.45) is 0.634. The number of aromatic nitrogens is 6. The van der Waals surface area contributed by atoms with Gasteiger partial charge in [-0.2, -0.15) is 5.10 Å². The van der Waals surface area contributed by atoms with Gasteiger partial charge in [-0.25, -0.2) is 36.8 Å². The van der Waals surface area contributed by atoms with Gasteiger partial charge in [0.1, 0.15) is 5.69 Å². The Morgan fingerprint density at radius 3 is 2.76 bits per heavy atom. The molecular weight excluding hydrogens is 462 g/mol. The summed E-state index contributed by atoms with van der Waals surface area (Å²) < 4.78 is 62.2. The van der Waals surface area contributed by atoms with Gasteiger partial charge in [0.05, 0.1) is 24.3 Å². The Balaban J connectivity index is 1.50. The van der Waals surface area contributed by atoms with E-state index in [2.05, 4.69) is 25.0 Å². The van der Waals surface area contributed by atoms with Gasteiger partial charge in [-0.05, 0) is 12.1 Å². The Hall–Kier alpha value is -4.23. The van der Waals surface area contributed by atoms with Crippen molar-refractivity contribution in [3.8, 4) is 17.1 Å². The molecule has 0 aromatic carbocycles. The molecule has 5 heterocycles. The fourth-order valence-corrected chi connectivity index (χ4v) is 3.70. The van der Waals surface area contributed by atoms with Crippen LogP contribution in [0.25, 0.3) is 16.9 Å². The second-order valence-electron chi connectivity index (χ2n) is 7.57. The summed E-state index contributed by atoms with van der Waals surface area (Å²) in [6, 6.07) is 3.39. The molecule has 0 aliphatic carbocycles. The lowest BCUT2D eigenvalue weighted by Crippen LogP contribution is -2.36. The molecule has 5 rings (SSSR count). The van der Waals surface area contributed by atoms with Gasteiger partial charge in [-0.1, -0.05) is 0 Å². The zero-order valence-electron chi connectivity index (χ0n) is 17.1. The van der Waals surface area contributed by atoms with Crippen molar-refractivity contribution in [2.24, 2.45) is 0 Å². The lowest BCUT2D eigenvalue weighted by atomic mass is 10.2. The Labute approximate surface area is 186 Å². The lowest BCUT2D eigenvalue weighted by Gasteiger charge is -2.19. The summed E-state index contributed by atoms with van der Waals surface area (Å²) in [5.74, 6) is -3.70. The van der Waals surface area contributed by atoms with Crippen molar-refractivity contribution in [3.05, 3.63) is 69.4 Å². The van der Waals surface area contributed by atoms with Crippen molar-refractivity contribution in [1.82, 2.24) is 29.5 Å². The van der Waals surface area contributed by atoms with Gasteiger partial charge < -0.3 is 14.6 Å². The van der Waals surface area contributed by atoms with Gasteiger partial charge in [0.25, 0.3) is 12.0 Å². The van der Waals surface area contributed by atoms with Crippen molar-refractivity contribution in [2.45, 2.75) is 18.5 Å². The summed E-state index contributed by atoms with van der Waals surface area (Å²) in [5, 5.41) is 4.26. The average molecular weight is 477 g/mol. The van der Waals surface area contributed by atoms with Gasteiger partial charge in [-0.3, -0.25) is 9.78 Å². The smallest absolute Gasteiger partial charge is 0.325 e. The first-order valence-corrected chi connectivity index (χ1v) is 9.91. The van der Waals surface area contributed by atoms with E-state index < -0.39 is 41.8 Å². The van der Waals surface area contributed by atoms with E-state index in [0.717, 1.165) is 18.3 Å². The molecule has 0 amide bonds. The number of anilines is 1. The Bertz CT molecular complexity index is 1480. The first kappa shape index (κ1) is 21.6. The molecule has 0 radical (unpaired) electrons. The third-order valence-electron chi connectivity index (χ3n) is 5.31. The third-order valence-corrected chi connectivity index (χ3v) is 5.31. The Morgan fingerprint density at radius 1 is 1.18 bits per heavy atom. The van der Waals surface area contributed by atoms with Crippen molar-refractivity contribution < 1.29 is 22.3 Å². The number of hydrogen-bond acceptors (Lipinski definition) is 7. The largest absolute Gasteiger partial charge is 0.466 e. The van der Waals surface area contributed by atoms with E-state index in [9.17, 15) is 27.2 Å². The quantitative estimate of drug-likeness (QED) is 0.422. The molecule has 1 saturated heterocycles. The van der Waals surface area contributed by atoms with E-state index in [1.807, 2.05) is 0 Å². The summed E-state index contributed by atoms with van der Waals surface area (Å²) in [5.41, 5.74) is -1.20. The highest BCUT2D eigenvalue weighted by atomic mass is 19.3. The number of nitrogens with one attached hydrogen (secondary N) is 2. The minimum absolute atomic E-state index is 0.0169. The van der Waals surface area contributed by atoms with Crippen LogP contribution in [0.4, 0.5) is 23.2 Å². The van der Waals surface area contributed by atoms with Gasteiger partial charge >= 0.3 is 11.6 Å². The second kappa shape index (κ2) is 7.97. The number of nitrogens with zero attached hydrogens (tertiary/aromatic N) is 5. The molecule has 1 atom stereocenters. The van der Waals surface area contributed by atoms with Crippen molar-refractivity contribution in [2.75, 3.05) is 18.0 Å². The standard InChI is InChI=1S/C20H15F4N7O3/c21-16(22)10-1-2-25-15(5-10)34-14-8-30(9-20(14,23)24)13-6-12(29-31-4-3-26-17(13)31)11-7-27-19(33)28-18(11)32/h1-7,14,16H,8-9H2,(H2,27,28,32,33)/t14-/m0/s1. The number of hydrogen-bond donors (Lipinski definition) is 2. The van der Waals surface area contributed by atoms with Crippen LogP contribution in [0.5, 0.6) is 5.88 Å². The number of ether oxygens (including phenoxy) is 1. The normalized spacial score (nSPS) is 17.6. The summed E-state index contributed by atoms with van der Waals surface area (Å²) in [6.45, 7) is -1.08. The number of fused-ring (bicyclic) bond motifs is 1. The molecule has 4 aromatic rings. The highest BCUT2D eigenvalue weighted by molar-refractivity contribution is 5.74. The van der Waals surface area contributed by atoms with Crippen LogP contribution in [0, 0.1) is 0 Å². The average Bonchev–Trinajstić information content (AvgIpc) is 3.37. The lowest BCUT2D eigenvalue weighted by molar-refractivity contribution is -0.0609. The highest BCUT2D eigenvalue weighted by Crippen LogP contribution is 2.36. The van der Waals surface area contributed by atoms with Gasteiger partial charge in [-0.15, -0.1) is 0 Å². The Morgan fingerprint density at radius 2 is 2.00 bits per heavy atom. The van der Waals surface area contributed by atoms with Gasteiger partial charge in [0.15, 0.2) is 11.8 Å². The molecule has 10 nitrogen and oxygen atoms in total. The number of imidazole rings is 1. The number of pyridine rings is 1. The molecule has 176 valence electrons. The Kier molecular flexibility index (Phi) is 5.06. The van der Waals surface area contributed by atoms with E-state index in [0.29, 0.717) is 0 Å². The van der Waals surface area contributed by atoms with Crippen molar-refractivity contribution in [3.63, 3.8) is 0 Å². The maximum atomic E-state index is 14.9. The zero-order chi connectivity index (χ0) is 24.0. The van der Waals surface area contributed by atoms with E-state index >= 15 is 0 Å². The minimum atomic E-state index is -3.36. The molecular formula is C20H15F4N7O3. The first-order valence-electron chi connectivity index (χ1n) is 9.91. The number of rotatable bonds is 5. The molecule has 0 spiro atoms. The molecule has 1 aliphatic rings. The molecule has 0 bridgehead atoms. The third kappa shape index (κ3) is 3.86. The van der Waals surface area contributed by atoms with Gasteiger partial charge in [0, 0.05) is 36.4 Å². The van der Waals surface area contributed by atoms with Crippen LogP contribution in [-0.4, -0.2) is 54.7 Å². The second-order valence-corrected chi connectivity index (χ2v) is 7.57. The molecule has 1 aliphatic heterocycles. The molecule has 0 unspecified atom stereocenters. The van der Waals surface area contributed by atoms with Crippen molar-refractivity contribution in [1.29, 1.82) is 0 Å². The summed E-state index contributed by atoms with van der Waals surface area (Å²) >= 11 is 0. The molecule has 4 aromatic heterocycles. The van der Waals surface area contributed by atoms with E-state index in [-0.39, 0.29) is 35.0 Å². The maximum Gasteiger partial charge on any atom is 0.325 e. The summed E-state index contributed by atoms with van der Waals surface area (Å²) in [7, 11) is 0. The van der Waals surface area contributed by atoms with Crippen molar-refractivity contribution >= 4 is 11.3 Å². The molecule has 34 heavy (non-hydrogen) atoms. The van der Waals surface area contributed by atoms with E-state index in [4.69, 9.17) is 4.74 Å². The van der Waals surface area contributed by atoms with Crippen LogP contribution < -0.4 is 20.9 Å². The summed E-state index contributed by atoms with van der Waals surface area (Å²) in [4.78, 5) is 37.2. The first-order chi connectivity index (χ1) is 16.2. The number of halogens is 4. The predicted octanol–water partition coefficient (Wildman–Crippen LogP) is 2.01. The van der Waals surface area contributed by atoms with Crippen LogP contribution in [0.2, 0.25) is 0 Å². The minimum Gasteiger partial charge on any atom is -0.466 e. The van der Waals surface area contributed by atoms with Crippen LogP contribution in [0.15, 0.2) is 52.6 Å². The SMILES string of the molecule is O=c1[nH]cc(-c2cc(N3C[C@H](Oc4cc(C(F)F)ccn4)C(F)(F)C3)c3nccn3n2)c(=O)[nH]1. The molecule has 1 fully saturated rings. The highest BCUT2D eigenvalue weighted by Gasteiger charge is 2.51. The monoisotopic (exact) mass is 477 g/mol. The molecule has 0 saturated carbocycles. The fraction of sp³-hybridized carbons (Fsp3) is 0.250. The fourth-order valence-electron chi connectivity index (χ4n) is 3.70. The number of alkyl halides is 4.